The Labute approximate surface area is 99.2 Å². The molecule has 0 fully saturated rings. The van der Waals surface area contributed by atoms with Crippen LogP contribution in [0.4, 0.5) is 11.4 Å². The standard InChI is InChI=1S/C12H12N2O3/c1-4-7-13(3)10-5-6-12(14(16)17)11(8-10)9(2)15/h1,5-6,8H,7H2,2-3H3. The first-order valence-electron chi connectivity index (χ1n) is 4.91. The predicted octanol–water partition coefficient (Wildman–Crippen LogP) is 1.87. The van der Waals surface area contributed by atoms with Crippen LogP contribution in [0.15, 0.2) is 18.2 Å². The quantitative estimate of drug-likeness (QED) is 0.344. The third kappa shape index (κ3) is 2.82. The molecule has 0 heterocycles. The van der Waals surface area contributed by atoms with Crippen molar-refractivity contribution in [2.75, 3.05) is 18.5 Å². The number of carbonyl (C=O) groups is 1. The van der Waals surface area contributed by atoms with E-state index in [1.165, 1.54) is 19.1 Å². The zero-order valence-corrected chi connectivity index (χ0v) is 9.64. The van der Waals surface area contributed by atoms with Gasteiger partial charge < -0.3 is 4.90 Å². The largest absolute Gasteiger partial charge is 0.363 e. The smallest absolute Gasteiger partial charge is 0.280 e. The molecule has 0 aliphatic heterocycles. The number of benzene rings is 1. The van der Waals surface area contributed by atoms with Crippen LogP contribution in [0, 0.1) is 22.5 Å². The molecule has 0 unspecified atom stereocenters. The molecule has 0 aliphatic carbocycles. The predicted molar refractivity (Wildman–Crippen MR) is 65.2 cm³/mol. The minimum Gasteiger partial charge on any atom is -0.363 e. The zero-order chi connectivity index (χ0) is 13.0. The summed E-state index contributed by atoms with van der Waals surface area (Å²) in [6.07, 6.45) is 5.18. The van der Waals surface area contributed by atoms with Crippen LogP contribution in [0.3, 0.4) is 0 Å². The van der Waals surface area contributed by atoms with Crippen molar-refractivity contribution >= 4 is 17.2 Å². The summed E-state index contributed by atoms with van der Waals surface area (Å²) in [6.45, 7) is 1.67. The van der Waals surface area contributed by atoms with Gasteiger partial charge in [-0.3, -0.25) is 14.9 Å². The second kappa shape index (κ2) is 5.12. The van der Waals surface area contributed by atoms with Crippen LogP contribution in [-0.2, 0) is 0 Å². The molecular weight excluding hydrogens is 220 g/mol. The van der Waals surface area contributed by atoms with Crippen molar-refractivity contribution in [1.82, 2.24) is 0 Å². The number of rotatable bonds is 4. The summed E-state index contributed by atoms with van der Waals surface area (Å²) in [5, 5.41) is 10.7. The summed E-state index contributed by atoms with van der Waals surface area (Å²) in [6, 6.07) is 4.37. The fourth-order valence-corrected chi connectivity index (χ4v) is 1.43. The lowest BCUT2D eigenvalue weighted by molar-refractivity contribution is -0.385. The topological polar surface area (TPSA) is 63.4 Å². The van der Waals surface area contributed by atoms with Gasteiger partial charge in [0.2, 0.25) is 0 Å². The highest BCUT2D eigenvalue weighted by molar-refractivity contribution is 5.99. The van der Waals surface area contributed by atoms with E-state index in [9.17, 15) is 14.9 Å². The monoisotopic (exact) mass is 232 g/mol. The molecule has 0 saturated heterocycles. The number of Topliss-reactive ketones (excluding diaryl/α,β-unsaturated/α-hetero) is 1. The highest BCUT2D eigenvalue weighted by Gasteiger charge is 2.18. The molecular formula is C12H12N2O3. The van der Waals surface area contributed by atoms with Gasteiger partial charge in [-0.1, -0.05) is 5.92 Å². The fourth-order valence-electron chi connectivity index (χ4n) is 1.43. The number of anilines is 1. The second-order valence-corrected chi connectivity index (χ2v) is 3.57. The summed E-state index contributed by atoms with van der Waals surface area (Å²) in [7, 11) is 1.75. The first-order valence-corrected chi connectivity index (χ1v) is 4.91. The average Bonchev–Trinajstić information content (AvgIpc) is 2.28. The molecule has 0 bridgehead atoms. The molecule has 0 radical (unpaired) electrons. The fraction of sp³-hybridized carbons (Fsp3) is 0.250. The summed E-state index contributed by atoms with van der Waals surface area (Å²) >= 11 is 0. The molecule has 5 heteroatoms. The van der Waals surface area contributed by atoms with Gasteiger partial charge >= 0.3 is 0 Å². The molecule has 17 heavy (non-hydrogen) atoms. The molecule has 0 saturated carbocycles. The Kier molecular flexibility index (Phi) is 3.83. The van der Waals surface area contributed by atoms with Gasteiger partial charge in [-0.25, -0.2) is 0 Å². The third-order valence-corrected chi connectivity index (χ3v) is 2.33. The van der Waals surface area contributed by atoms with Crippen molar-refractivity contribution in [2.24, 2.45) is 0 Å². The maximum absolute atomic E-state index is 11.3. The van der Waals surface area contributed by atoms with Crippen molar-refractivity contribution in [2.45, 2.75) is 6.92 Å². The normalized spacial score (nSPS) is 9.47. The van der Waals surface area contributed by atoms with Gasteiger partial charge in [-0.2, -0.15) is 0 Å². The Morgan fingerprint density at radius 3 is 2.71 bits per heavy atom. The van der Waals surface area contributed by atoms with Crippen molar-refractivity contribution in [1.29, 1.82) is 0 Å². The summed E-state index contributed by atoms with van der Waals surface area (Å²) in [5.41, 5.74) is 0.588. The van der Waals surface area contributed by atoms with Crippen LogP contribution in [0.1, 0.15) is 17.3 Å². The molecule has 5 nitrogen and oxygen atoms in total. The molecule has 1 aromatic rings. The Balaban J connectivity index is 3.24. The Morgan fingerprint density at radius 1 is 1.59 bits per heavy atom. The first-order chi connectivity index (χ1) is 7.97. The molecule has 0 aliphatic rings. The minimum atomic E-state index is -0.568. The molecule has 0 amide bonds. The zero-order valence-electron chi connectivity index (χ0n) is 9.64. The lowest BCUT2D eigenvalue weighted by Gasteiger charge is -2.16. The maximum atomic E-state index is 11.3. The SMILES string of the molecule is C#CCN(C)c1ccc([N+](=O)[O-])c(C(C)=O)c1. The number of hydrogen-bond donors (Lipinski definition) is 0. The molecule has 0 atom stereocenters. The number of terminal acetylenes is 1. The van der Waals surface area contributed by atoms with E-state index in [0.29, 0.717) is 12.2 Å². The van der Waals surface area contributed by atoms with E-state index in [2.05, 4.69) is 5.92 Å². The first kappa shape index (κ1) is 12.7. The van der Waals surface area contributed by atoms with E-state index in [4.69, 9.17) is 6.42 Å². The number of ketones is 1. The van der Waals surface area contributed by atoms with E-state index < -0.39 is 4.92 Å². The van der Waals surface area contributed by atoms with Gasteiger partial charge in [0.1, 0.15) is 0 Å². The van der Waals surface area contributed by atoms with Gasteiger partial charge in [-0.15, -0.1) is 6.42 Å². The van der Waals surface area contributed by atoms with Gasteiger partial charge in [0.15, 0.2) is 5.78 Å². The van der Waals surface area contributed by atoms with Crippen LogP contribution < -0.4 is 4.90 Å². The van der Waals surface area contributed by atoms with Crippen molar-refractivity contribution < 1.29 is 9.72 Å². The van der Waals surface area contributed by atoms with Crippen molar-refractivity contribution in [3.63, 3.8) is 0 Å². The van der Waals surface area contributed by atoms with Crippen molar-refractivity contribution in [3.05, 3.63) is 33.9 Å². The lowest BCUT2D eigenvalue weighted by Crippen LogP contribution is -2.17. The second-order valence-electron chi connectivity index (χ2n) is 3.57. The van der Waals surface area contributed by atoms with E-state index in [-0.39, 0.29) is 17.0 Å². The van der Waals surface area contributed by atoms with E-state index >= 15 is 0 Å². The average molecular weight is 232 g/mol. The van der Waals surface area contributed by atoms with Crippen LogP contribution >= 0.6 is 0 Å². The van der Waals surface area contributed by atoms with Crippen LogP contribution in [-0.4, -0.2) is 24.3 Å². The Hall–Kier alpha value is -2.35. The molecule has 1 rings (SSSR count). The number of carbonyl (C=O) groups excluding carboxylic acids is 1. The summed E-state index contributed by atoms with van der Waals surface area (Å²) in [4.78, 5) is 23.2. The number of nitro groups is 1. The van der Waals surface area contributed by atoms with E-state index in [1.807, 2.05) is 0 Å². The Bertz CT molecular complexity index is 503. The van der Waals surface area contributed by atoms with Crippen LogP contribution in [0.5, 0.6) is 0 Å². The van der Waals surface area contributed by atoms with Crippen LogP contribution in [0.25, 0.3) is 0 Å². The Morgan fingerprint density at radius 2 is 2.24 bits per heavy atom. The summed E-state index contributed by atoms with van der Waals surface area (Å²) in [5.74, 6) is 2.12. The lowest BCUT2D eigenvalue weighted by atomic mass is 10.1. The molecule has 88 valence electrons. The van der Waals surface area contributed by atoms with Gasteiger partial charge in [0.25, 0.3) is 5.69 Å². The summed E-state index contributed by atoms with van der Waals surface area (Å²) < 4.78 is 0. The molecule has 0 N–H and O–H groups in total. The molecule has 0 aromatic heterocycles. The highest BCUT2D eigenvalue weighted by Crippen LogP contribution is 2.24. The number of nitro benzene ring substituents is 1. The van der Waals surface area contributed by atoms with E-state index in [1.54, 1.807) is 18.0 Å². The number of nitrogens with zero attached hydrogens (tertiary/aromatic N) is 2. The van der Waals surface area contributed by atoms with Gasteiger partial charge in [-0.05, 0) is 19.1 Å². The van der Waals surface area contributed by atoms with Gasteiger partial charge in [0, 0.05) is 18.8 Å². The molecule has 1 aromatic carbocycles. The van der Waals surface area contributed by atoms with Gasteiger partial charge in [0.05, 0.1) is 17.0 Å². The third-order valence-electron chi connectivity index (χ3n) is 2.33. The van der Waals surface area contributed by atoms with Crippen LogP contribution in [0.2, 0.25) is 0 Å². The molecule has 0 spiro atoms. The minimum absolute atomic E-state index is 0.0939. The highest BCUT2D eigenvalue weighted by atomic mass is 16.6. The maximum Gasteiger partial charge on any atom is 0.280 e. The van der Waals surface area contributed by atoms with E-state index in [0.717, 1.165) is 0 Å². The van der Waals surface area contributed by atoms with Crippen molar-refractivity contribution in [3.8, 4) is 12.3 Å². The number of hydrogen-bond acceptors (Lipinski definition) is 4.